The number of halogens is 2. The predicted molar refractivity (Wildman–Crippen MR) is 87.0 cm³/mol. The summed E-state index contributed by atoms with van der Waals surface area (Å²) in [4.78, 5) is 10.6. The third kappa shape index (κ3) is 2.99. The highest BCUT2D eigenvalue weighted by atomic mass is 127. The van der Waals surface area contributed by atoms with E-state index in [2.05, 4.69) is 5.32 Å². The molecule has 0 amide bonds. The molecule has 3 rings (SSSR count). The van der Waals surface area contributed by atoms with E-state index in [9.17, 15) is 14.5 Å². The number of hydrogen-bond acceptors (Lipinski definition) is 3. The fraction of sp³-hybridized carbons (Fsp3) is 0.200. The van der Waals surface area contributed by atoms with E-state index in [1.54, 1.807) is 22.6 Å². The lowest BCUT2D eigenvalue weighted by atomic mass is 10.1. The number of nitrogens with zero attached hydrogens (tertiary/aromatic N) is 1. The molecule has 0 bridgehead atoms. The summed E-state index contributed by atoms with van der Waals surface area (Å²) in [5.74, 6) is -0.117. The smallest absolute Gasteiger partial charge is 0.293 e. The zero-order chi connectivity index (χ0) is 15.0. The SMILES string of the molecule is O=[N+]([O-])c1cc(I)c(F)cc1NC1CC1c1ccccc1. The first-order chi connectivity index (χ1) is 10.1. The van der Waals surface area contributed by atoms with Gasteiger partial charge in [0.2, 0.25) is 0 Å². The van der Waals surface area contributed by atoms with Gasteiger partial charge in [-0.05, 0) is 34.6 Å². The van der Waals surface area contributed by atoms with Gasteiger partial charge in [-0.1, -0.05) is 30.3 Å². The predicted octanol–water partition coefficient (Wildman–Crippen LogP) is 4.31. The van der Waals surface area contributed by atoms with Crippen molar-refractivity contribution in [3.05, 3.63) is 67.5 Å². The van der Waals surface area contributed by atoms with Gasteiger partial charge in [0.25, 0.3) is 5.69 Å². The highest BCUT2D eigenvalue weighted by Gasteiger charge is 2.39. The van der Waals surface area contributed by atoms with Crippen molar-refractivity contribution in [2.75, 3.05) is 5.32 Å². The maximum absolute atomic E-state index is 13.6. The molecule has 2 aromatic rings. The standard InChI is InChI=1S/C15H12FIN2O2/c16-11-7-14(15(19(20)21)8-12(11)17)18-13-6-10(13)9-4-2-1-3-5-9/h1-5,7-8,10,13,18H,6H2. The van der Waals surface area contributed by atoms with Gasteiger partial charge >= 0.3 is 0 Å². The maximum Gasteiger partial charge on any atom is 0.293 e. The molecule has 2 unspecified atom stereocenters. The minimum Gasteiger partial charge on any atom is -0.376 e. The lowest BCUT2D eigenvalue weighted by molar-refractivity contribution is -0.384. The Balaban J connectivity index is 1.80. The van der Waals surface area contributed by atoms with Crippen molar-refractivity contribution in [2.24, 2.45) is 0 Å². The fourth-order valence-electron chi connectivity index (χ4n) is 2.43. The summed E-state index contributed by atoms with van der Waals surface area (Å²) in [7, 11) is 0. The van der Waals surface area contributed by atoms with Gasteiger partial charge in [0, 0.05) is 24.1 Å². The minimum absolute atomic E-state index is 0.0838. The second-order valence-electron chi connectivity index (χ2n) is 5.04. The molecule has 0 saturated heterocycles. The average molecular weight is 398 g/mol. The Hall–Kier alpha value is -1.70. The Bertz CT molecular complexity index is 694. The second kappa shape index (κ2) is 5.59. The van der Waals surface area contributed by atoms with Crippen LogP contribution >= 0.6 is 22.6 Å². The highest BCUT2D eigenvalue weighted by Crippen LogP contribution is 2.44. The third-order valence-electron chi connectivity index (χ3n) is 3.59. The van der Waals surface area contributed by atoms with Crippen LogP contribution in [0.25, 0.3) is 0 Å². The first kappa shape index (κ1) is 14.2. The van der Waals surface area contributed by atoms with Crippen LogP contribution in [0.4, 0.5) is 15.8 Å². The number of nitro benzene ring substituents is 1. The Labute approximate surface area is 134 Å². The van der Waals surface area contributed by atoms with Crippen LogP contribution < -0.4 is 5.32 Å². The summed E-state index contributed by atoms with van der Waals surface area (Å²) in [6.07, 6.45) is 0.898. The molecular formula is C15H12FIN2O2. The van der Waals surface area contributed by atoms with E-state index < -0.39 is 10.7 Å². The lowest BCUT2D eigenvalue weighted by Crippen LogP contribution is -2.07. The van der Waals surface area contributed by atoms with Gasteiger partial charge in [-0.25, -0.2) is 4.39 Å². The van der Waals surface area contributed by atoms with E-state index in [0.29, 0.717) is 5.92 Å². The molecular weight excluding hydrogens is 386 g/mol. The number of hydrogen-bond donors (Lipinski definition) is 1. The molecule has 0 spiro atoms. The van der Waals surface area contributed by atoms with Gasteiger partial charge < -0.3 is 5.32 Å². The number of anilines is 1. The van der Waals surface area contributed by atoms with Gasteiger partial charge in [0.15, 0.2) is 0 Å². The Morgan fingerprint density at radius 3 is 2.67 bits per heavy atom. The van der Waals surface area contributed by atoms with E-state index in [1.807, 2.05) is 30.3 Å². The number of nitrogens with one attached hydrogen (secondary N) is 1. The molecule has 108 valence electrons. The molecule has 0 heterocycles. The molecule has 1 aliphatic carbocycles. The molecule has 0 radical (unpaired) electrons. The van der Waals surface area contributed by atoms with Crippen molar-refractivity contribution in [1.29, 1.82) is 0 Å². The Morgan fingerprint density at radius 1 is 1.29 bits per heavy atom. The van der Waals surface area contributed by atoms with E-state index in [0.717, 1.165) is 6.42 Å². The van der Waals surface area contributed by atoms with Crippen LogP contribution in [0.5, 0.6) is 0 Å². The van der Waals surface area contributed by atoms with Gasteiger partial charge in [-0.15, -0.1) is 0 Å². The van der Waals surface area contributed by atoms with Gasteiger partial charge in [-0.3, -0.25) is 10.1 Å². The van der Waals surface area contributed by atoms with Crippen molar-refractivity contribution in [3.63, 3.8) is 0 Å². The van der Waals surface area contributed by atoms with Crippen LogP contribution in [0.3, 0.4) is 0 Å². The number of benzene rings is 2. The molecule has 0 aliphatic heterocycles. The first-order valence-electron chi connectivity index (χ1n) is 6.51. The van der Waals surface area contributed by atoms with E-state index in [1.165, 1.54) is 17.7 Å². The van der Waals surface area contributed by atoms with Gasteiger partial charge in [0.1, 0.15) is 11.5 Å². The van der Waals surface area contributed by atoms with Crippen molar-refractivity contribution in [2.45, 2.75) is 18.4 Å². The molecule has 1 aliphatic rings. The molecule has 21 heavy (non-hydrogen) atoms. The summed E-state index contributed by atoms with van der Waals surface area (Å²) in [6, 6.07) is 12.6. The number of rotatable bonds is 4. The van der Waals surface area contributed by atoms with Gasteiger partial charge in [0.05, 0.1) is 8.49 Å². The van der Waals surface area contributed by atoms with Crippen LogP contribution in [0.15, 0.2) is 42.5 Å². The van der Waals surface area contributed by atoms with Crippen molar-refractivity contribution in [3.8, 4) is 0 Å². The van der Waals surface area contributed by atoms with Crippen molar-refractivity contribution >= 4 is 34.0 Å². The topological polar surface area (TPSA) is 55.2 Å². The first-order valence-corrected chi connectivity index (χ1v) is 7.59. The minimum atomic E-state index is -0.482. The summed E-state index contributed by atoms with van der Waals surface area (Å²) in [5, 5.41) is 14.2. The number of nitro groups is 1. The third-order valence-corrected chi connectivity index (χ3v) is 4.42. The highest BCUT2D eigenvalue weighted by molar-refractivity contribution is 14.1. The van der Waals surface area contributed by atoms with Crippen LogP contribution in [-0.2, 0) is 0 Å². The fourth-order valence-corrected chi connectivity index (χ4v) is 2.88. The molecule has 1 saturated carbocycles. The Morgan fingerprint density at radius 2 is 2.00 bits per heavy atom. The zero-order valence-electron chi connectivity index (χ0n) is 10.9. The molecule has 2 aromatic carbocycles. The summed E-state index contributed by atoms with van der Waals surface area (Å²) >= 11 is 1.76. The van der Waals surface area contributed by atoms with Crippen LogP contribution in [0, 0.1) is 19.5 Å². The van der Waals surface area contributed by atoms with E-state index in [4.69, 9.17) is 0 Å². The largest absolute Gasteiger partial charge is 0.376 e. The summed E-state index contributed by atoms with van der Waals surface area (Å²) < 4.78 is 13.9. The van der Waals surface area contributed by atoms with Crippen molar-refractivity contribution < 1.29 is 9.31 Å². The Kier molecular flexibility index (Phi) is 3.79. The maximum atomic E-state index is 13.6. The van der Waals surface area contributed by atoms with Gasteiger partial charge in [-0.2, -0.15) is 0 Å². The summed E-state index contributed by atoms with van der Waals surface area (Å²) in [6.45, 7) is 0. The molecule has 2 atom stereocenters. The quantitative estimate of drug-likeness (QED) is 0.475. The zero-order valence-corrected chi connectivity index (χ0v) is 13.1. The molecule has 1 fully saturated rings. The van der Waals surface area contributed by atoms with E-state index >= 15 is 0 Å². The monoisotopic (exact) mass is 398 g/mol. The van der Waals surface area contributed by atoms with Crippen LogP contribution in [-0.4, -0.2) is 11.0 Å². The molecule has 4 nitrogen and oxygen atoms in total. The lowest BCUT2D eigenvalue weighted by Gasteiger charge is -2.08. The van der Waals surface area contributed by atoms with E-state index in [-0.39, 0.29) is 21.0 Å². The van der Waals surface area contributed by atoms with Crippen molar-refractivity contribution in [1.82, 2.24) is 0 Å². The van der Waals surface area contributed by atoms with Crippen LogP contribution in [0.2, 0.25) is 0 Å². The summed E-state index contributed by atoms with van der Waals surface area (Å²) in [5.41, 5.74) is 1.37. The molecule has 6 heteroatoms. The normalized spacial score (nSPS) is 20.1. The second-order valence-corrected chi connectivity index (χ2v) is 6.21. The van der Waals surface area contributed by atoms with Crippen LogP contribution in [0.1, 0.15) is 17.9 Å². The average Bonchev–Trinajstić information content (AvgIpc) is 3.22. The molecule has 0 aromatic heterocycles. The molecule has 1 N–H and O–H groups in total.